The van der Waals surface area contributed by atoms with Crippen LogP contribution in [0.4, 0.5) is 5.69 Å². The average molecular weight is 361 g/mol. The smallest absolute Gasteiger partial charge is 0.338 e. The molecule has 0 radical (unpaired) electrons. The van der Waals surface area contributed by atoms with E-state index in [-0.39, 0.29) is 17.7 Å². The van der Waals surface area contributed by atoms with Gasteiger partial charge in [0.05, 0.1) is 16.8 Å². The van der Waals surface area contributed by atoms with Gasteiger partial charge < -0.3 is 10.3 Å². The zero-order chi connectivity index (χ0) is 19.0. The van der Waals surface area contributed by atoms with Crippen molar-refractivity contribution >= 4 is 16.7 Å². The molecule has 27 heavy (non-hydrogen) atoms. The van der Waals surface area contributed by atoms with Crippen LogP contribution in [-0.4, -0.2) is 18.7 Å². The van der Waals surface area contributed by atoms with Gasteiger partial charge in [0.15, 0.2) is 11.1 Å². The predicted octanol–water partition coefficient (Wildman–Crippen LogP) is 0.797. The fraction of sp³-hybridized carbons (Fsp3) is 0.0526. The number of nitrogen functional groups attached to an aromatic ring is 1. The van der Waals surface area contributed by atoms with E-state index in [0.717, 1.165) is 4.57 Å². The molecule has 4 aromatic rings. The minimum Gasteiger partial charge on any atom is -0.397 e. The number of hydrogen-bond donors (Lipinski definition) is 1. The van der Waals surface area contributed by atoms with Gasteiger partial charge in [-0.25, -0.2) is 18.9 Å². The van der Waals surface area contributed by atoms with Crippen LogP contribution in [0.25, 0.3) is 16.7 Å². The van der Waals surface area contributed by atoms with E-state index in [4.69, 9.17) is 5.73 Å². The summed E-state index contributed by atoms with van der Waals surface area (Å²) in [4.78, 5) is 41.6. The monoisotopic (exact) mass is 361 g/mol. The number of nitrogens with two attached hydrogens (primary N) is 1. The lowest BCUT2D eigenvalue weighted by Crippen LogP contribution is -2.41. The zero-order valence-electron chi connectivity index (χ0n) is 14.1. The summed E-state index contributed by atoms with van der Waals surface area (Å²) in [6.45, 7) is -0.0461. The third-order valence-electron chi connectivity index (χ3n) is 4.24. The summed E-state index contributed by atoms with van der Waals surface area (Å²) >= 11 is 0. The minimum atomic E-state index is -0.567. The molecular formula is C19H15N5O3. The fourth-order valence-corrected chi connectivity index (χ4v) is 2.92. The number of aromatic nitrogens is 4. The van der Waals surface area contributed by atoms with Crippen molar-refractivity contribution in [3.05, 3.63) is 98.2 Å². The van der Waals surface area contributed by atoms with Gasteiger partial charge >= 0.3 is 5.69 Å². The molecule has 0 amide bonds. The molecule has 0 bridgehead atoms. The largest absolute Gasteiger partial charge is 0.397 e. The Labute approximate surface area is 152 Å². The van der Waals surface area contributed by atoms with Crippen molar-refractivity contribution in [1.29, 1.82) is 0 Å². The van der Waals surface area contributed by atoms with Crippen LogP contribution >= 0.6 is 0 Å². The van der Waals surface area contributed by atoms with Gasteiger partial charge in [-0.1, -0.05) is 12.1 Å². The van der Waals surface area contributed by atoms with E-state index < -0.39 is 11.2 Å². The topological polar surface area (TPSA) is 105 Å². The van der Waals surface area contributed by atoms with Crippen molar-refractivity contribution < 1.29 is 0 Å². The summed E-state index contributed by atoms with van der Waals surface area (Å²) < 4.78 is 3.99. The molecule has 0 aliphatic heterocycles. The zero-order valence-corrected chi connectivity index (χ0v) is 14.1. The molecule has 0 aliphatic carbocycles. The number of anilines is 1. The molecule has 0 unspecified atom stereocenters. The maximum Gasteiger partial charge on any atom is 0.338 e. The molecule has 0 fully saturated rings. The van der Waals surface area contributed by atoms with E-state index in [1.165, 1.54) is 35.3 Å². The Morgan fingerprint density at radius 3 is 2.41 bits per heavy atom. The lowest BCUT2D eigenvalue weighted by molar-refractivity contribution is 0.552. The highest BCUT2D eigenvalue weighted by Crippen LogP contribution is 2.17. The number of nitrogens with zero attached hydrogens (tertiary/aromatic N) is 4. The Morgan fingerprint density at radius 2 is 1.67 bits per heavy atom. The van der Waals surface area contributed by atoms with E-state index in [1.54, 1.807) is 41.0 Å². The van der Waals surface area contributed by atoms with Crippen molar-refractivity contribution in [2.75, 3.05) is 5.73 Å². The van der Waals surface area contributed by atoms with Crippen LogP contribution in [0.2, 0.25) is 0 Å². The summed E-state index contributed by atoms with van der Waals surface area (Å²) in [7, 11) is 0. The third kappa shape index (κ3) is 2.82. The second-order valence-corrected chi connectivity index (χ2v) is 5.97. The number of para-hydroxylation sites is 2. The minimum absolute atomic E-state index is 0.0461. The first kappa shape index (κ1) is 16.5. The van der Waals surface area contributed by atoms with Gasteiger partial charge in [0, 0.05) is 30.7 Å². The fourth-order valence-electron chi connectivity index (χ4n) is 2.92. The van der Waals surface area contributed by atoms with Crippen LogP contribution in [0.3, 0.4) is 0 Å². The SMILES string of the molecule is Nc1ccccc1-n1c(=O)n(Cn2ccc(=O)cc2)c(=O)c2cccnc21. The first-order valence-corrected chi connectivity index (χ1v) is 8.18. The second-order valence-electron chi connectivity index (χ2n) is 5.97. The van der Waals surface area contributed by atoms with Crippen molar-refractivity contribution in [2.24, 2.45) is 0 Å². The maximum atomic E-state index is 13.2. The Hall–Kier alpha value is -3.94. The third-order valence-corrected chi connectivity index (χ3v) is 4.24. The molecule has 1 aromatic carbocycles. The molecule has 0 atom stereocenters. The highest BCUT2D eigenvalue weighted by atomic mass is 16.2. The van der Waals surface area contributed by atoms with Crippen molar-refractivity contribution in [1.82, 2.24) is 18.7 Å². The van der Waals surface area contributed by atoms with Gasteiger partial charge in [-0.2, -0.15) is 0 Å². The van der Waals surface area contributed by atoms with Crippen LogP contribution in [0.5, 0.6) is 0 Å². The molecule has 2 N–H and O–H groups in total. The molecule has 0 spiro atoms. The molecule has 134 valence electrons. The van der Waals surface area contributed by atoms with Gasteiger partial charge in [0.1, 0.15) is 6.67 Å². The van der Waals surface area contributed by atoms with E-state index >= 15 is 0 Å². The normalized spacial score (nSPS) is 11.0. The first-order chi connectivity index (χ1) is 13.1. The number of pyridine rings is 2. The highest BCUT2D eigenvalue weighted by molar-refractivity contribution is 5.77. The second kappa shape index (κ2) is 6.41. The van der Waals surface area contributed by atoms with E-state index in [9.17, 15) is 14.4 Å². The van der Waals surface area contributed by atoms with Crippen LogP contribution < -0.4 is 22.4 Å². The molecule has 0 saturated carbocycles. The number of hydrogen-bond acceptors (Lipinski definition) is 5. The molecule has 8 nitrogen and oxygen atoms in total. The standard InChI is InChI=1S/C19H15N5O3/c20-15-5-1-2-6-16(15)24-17-14(4-3-9-21-17)18(26)23(19(24)27)12-22-10-7-13(25)8-11-22/h1-11H,12,20H2. The Bertz CT molecular complexity index is 1310. The van der Waals surface area contributed by atoms with E-state index in [0.29, 0.717) is 16.8 Å². The Morgan fingerprint density at radius 1 is 0.926 bits per heavy atom. The van der Waals surface area contributed by atoms with Gasteiger partial charge in [0.25, 0.3) is 5.56 Å². The quantitative estimate of drug-likeness (QED) is 0.544. The molecule has 8 heteroatoms. The van der Waals surface area contributed by atoms with Crippen molar-refractivity contribution in [2.45, 2.75) is 6.67 Å². The molecule has 0 aliphatic rings. The summed E-state index contributed by atoms with van der Waals surface area (Å²) in [5, 5.41) is 0.293. The van der Waals surface area contributed by atoms with Crippen molar-refractivity contribution in [3.63, 3.8) is 0 Å². The average Bonchev–Trinajstić information content (AvgIpc) is 2.68. The molecule has 4 rings (SSSR count). The van der Waals surface area contributed by atoms with Gasteiger partial charge in [-0.3, -0.25) is 9.59 Å². The van der Waals surface area contributed by atoms with Crippen LogP contribution in [-0.2, 0) is 6.67 Å². The predicted molar refractivity (Wildman–Crippen MR) is 102 cm³/mol. The van der Waals surface area contributed by atoms with Crippen molar-refractivity contribution in [3.8, 4) is 5.69 Å². The highest BCUT2D eigenvalue weighted by Gasteiger charge is 2.16. The van der Waals surface area contributed by atoms with Gasteiger partial charge in [-0.15, -0.1) is 0 Å². The summed E-state index contributed by atoms with van der Waals surface area (Å²) in [5.74, 6) is 0. The molecule has 3 aromatic heterocycles. The van der Waals surface area contributed by atoms with Crippen LogP contribution in [0, 0.1) is 0 Å². The summed E-state index contributed by atoms with van der Waals surface area (Å²) in [5.41, 5.74) is 5.94. The summed E-state index contributed by atoms with van der Waals surface area (Å²) in [6.07, 6.45) is 4.55. The molecular weight excluding hydrogens is 346 g/mol. The van der Waals surface area contributed by atoms with E-state index in [1.807, 2.05) is 0 Å². The number of benzene rings is 1. The van der Waals surface area contributed by atoms with Gasteiger partial charge in [0.2, 0.25) is 0 Å². The van der Waals surface area contributed by atoms with Gasteiger partial charge in [-0.05, 0) is 24.3 Å². The maximum absolute atomic E-state index is 13.2. The number of fused-ring (bicyclic) bond motifs is 1. The lowest BCUT2D eigenvalue weighted by atomic mass is 10.2. The first-order valence-electron chi connectivity index (χ1n) is 8.18. The van der Waals surface area contributed by atoms with E-state index in [2.05, 4.69) is 4.98 Å². The number of rotatable bonds is 3. The molecule has 3 heterocycles. The Balaban J connectivity index is 2.05. The Kier molecular flexibility index (Phi) is 3.92. The lowest BCUT2D eigenvalue weighted by Gasteiger charge is -2.15. The van der Waals surface area contributed by atoms with Crippen LogP contribution in [0.1, 0.15) is 0 Å². The molecule has 0 saturated heterocycles. The van der Waals surface area contributed by atoms with Crippen LogP contribution in [0.15, 0.2) is 81.5 Å². The summed E-state index contributed by atoms with van der Waals surface area (Å²) in [6, 6.07) is 12.9.